The van der Waals surface area contributed by atoms with Crippen molar-refractivity contribution in [3.8, 4) is 0 Å². The number of anilines is 1. The fraction of sp³-hybridized carbons (Fsp3) is 0.583. The van der Waals surface area contributed by atoms with Gasteiger partial charge >= 0.3 is 0 Å². The maximum atomic E-state index is 8.90. The molecule has 1 aromatic rings. The number of aliphatic hydroxyl groups is 1. The lowest BCUT2D eigenvalue weighted by Crippen LogP contribution is -2.47. The number of piperazine rings is 1. The molecule has 1 saturated heterocycles. The van der Waals surface area contributed by atoms with E-state index < -0.39 is 0 Å². The van der Waals surface area contributed by atoms with Crippen LogP contribution in [-0.2, 0) is 0 Å². The summed E-state index contributed by atoms with van der Waals surface area (Å²) in [5.74, 6) is 1.05. The van der Waals surface area contributed by atoms with Crippen molar-refractivity contribution in [3.05, 3.63) is 22.3 Å². The Hall–Kier alpha value is -0.650. The summed E-state index contributed by atoms with van der Waals surface area (Å²) in [6, 6.07) is 2.12. The molecule has 0 spiro atoms. The molecule has 1 fully saturated rings. The molecule has 0 radical (unpaired) electrons. The molecule has 0 saturated carbocycles. The van der Waals surface area contributed by atoms with Gasteiger partial charge in [-0.1, -0.05) is 0 Å². The van der Waals surface area contributed by atoms with Gasteiger partial charge in [0, 0.05) is 43.4 Å². The Labute approximate surface area is 110 Å². The van der Waals surface area contributed by atoms with Crippen LogP contribution in [0.5, 0.6) is 0 Å². The third-order valence-corrected chi connectivity index (χ3v) is 3.98. The van der Waals surface area contributed by atoms with E-state index >= 15 is 0 Å². The highest BCUT2D eigenvalue weighted by Crippen LogP contribution is 2.20. The Balaban J connectivity index is 1.98. The zero-order valence-electron chi connectivity index (χ0n) is 10.1. The highest BCUT2D eigenvalue weighted by atomic mass is 79.9. The number of rotatable bonds is 3. The van der Waals surface area contributed by atoms with Crippen LogP contribution in [0.1, 0.15) is 5.56 Å². The molecule has 0 amide bonds. The van der Waals surface area contributed by atoms with Crippen LogP contribution in [0.3, 0.4) is 0 Å². The van der Waals surface area contributed by atoms with E-state index in [9.17, 15) is 0 Å². The summed E-state index contributed by atoms with van der Waals surface area (Å²) in [7, 11) is 0. The lowest BCUT2D eigenvalue weighted by Gasteiger charge is -2.35. The molecule has 1 N–H and O–H groups in total. The van der Waals surface area contributed by atoms with Crippen LogP contribution in [0.25, 0.3) is 0 Å². The maximum absolute atomic E-state index is 8.90. The van der Waals surface area contributed by atoms with E-state index in [1.165, 1.54) is 5.56 Å². The summed E-state index contributed by atoms with van der Waals surface area (Å²) in [5.41, 5.74) is 1.22. The van der Waals surface area contributed by atoms with Gasteiger partial charge in [-0.2, -0.15) is 0 Å². The quantitative estimate of drug-likeness (QED) is 0.912. The largest absolute Gasteiger partial charge is 0.395 e. The number of aliphatic hydroxyl groups excluding tert-OH is 1. The zero-order chi connectivity index (χ0) is 12.3. The summed E-state index contributed by atoms with van der Waals surface area (Å²) in [6.07, 6.45) is 1.87. The van der Waals surface area contributed by atoms with Crippen molar-refractivity contribution < 1.29 is 5.11 Å². The van der Waals surface area contributed by atoms with Crippen molar-refractivity contribution in [2.45, 2.75) is 6.92 Å². The Bertz CT molecular complexity index is 378. The van der Waals surface area contributed by atoms with Gasteiger partial charge in [-0.15, -0.1) is 0 Å². The molecular weight excluding hydrogens is 282 g/mol. The molecule has 0 atom stereocenters. The van der Waals surface area contributed by atoms with E-state index in [1.807, 2.05) is 6.20 Å². The van der Waals surface area contributed by atoms with Gasteiger partial charge in [0.15, 0.2) is 0 Å². The van der Waals surface area contributed by atoms with E-state index in [0.29, 0.717) is 0 Å². The molecule has 1 aromatic heterocycles. The lowest BCUT2D eigenvalue weighted by atomic mass is 10.2. The Morgan fingerprint density at radius 3 is 2.65 bits per heavy atom. The number of hydrogen-bond acceptors (Lipinski definition) is 4. The third kappa shape index (κ3) is 3.18. The Kier molecular flexibility index (Phi) is 4.36. The minimum atomic E-state index is 0.246. The first kappa shape index (κ1) is 12.8. The van der Waals surface area contributed by atoms with E-state index in [4.69, 9.17) is 5.11 Å². The summed E-state index contributed by atoms with van der Waals surface area (Å²) in [4.78, 5) is 9.02. The number of halogens is 1. The molecule has 17 heavy (non-hydrogen) atoms. The van der Waals surface area contributed by atoms with Crippen molar-refractivity contribution >= 4 is 21.7 Å². The summed E-state index contributed by atoms with van der Waals surface area (Å²) in [6.45, 7) is 7.06. The second-order valence-corrected chi connectivity index (χ2v) is 5.20. The van der Waals surface area contributed by atoms with Crippen LogP contribution in [0.15, 0.2) is 16.7 Å². The molecule has 4 nitrogen and oxygen atoms in total. The number of pyridine rings is 1. The molecular formula is C12H18BrN3O. The van der Waals surface area contributed by atoms with E-state index in [2.05, 4.69) is 43.7 Å². The van der Waals surface area contributed by atoms with Gasteiger partial charge in [0.05, 0.1) is 6.61 Å². The zero-order valence-corrected chi connectivity index (χ0v) is 11.7. The normalized spacial score (nSPS) is 17.5. The Morgan fingerprint density at radius 2 is 2.06 bits per heavy atom. The Morgan fingerprint density at radius 1 is 1.35 bits per heavy atom. The van der Waals surface area contributed by atoms with Gasteiger partial charge in [0.25, 0.3) is 0 Å². The molecule has 0 unspecified atom stereocenters. The van der Waals surface area contributed by atoms with E-state index in [-0.39, 0.29) is 6.61 Å². The lowest BCUT2D eigenvalue weighted by molar-refractivity contribution is 0.188. The fourth-order valence-corrected chi connectivity index (χ4v) is 2.26. The molecule has 0 aliphatic carbocycles. The van der Waals surface area contributed by atoms with Crippen molar-refractivity contribution in [1.82, 2.24) is 9.88 Å². The smallest absolute Gasteiger partial charge is 0.128 e. The van der Waals surface area contributed by atoms with E-state index in [1.54, 1.807) is 0 Å². The standard InChI is InChI=1S/C12H18BrN3O/c1-10-8-12(14-9-11(10)13)16-4-2-15(3-5-16)6-7-17/h8-9,17H,2-7H2,1H3. The molecule has 94 valence electrons. The van der Waals surface area contributed by atoms with Crippen molar-refractivity contribution in [3.63, 3.8) is 0 Å². The molecule has 0 aromatic carbocycles. The fourth-order valence-electron chi connectivity index (χ4n) is 2.04. The number of aryl methyl sites for hydroxylation is 1. The first-order valence-corrected chi connectivity index (χ1v) is 6.70. The predicted molar refractivity (Wildman–Crippen MR) is 72.4 cm³/mol. The summed E-state index contributed by atoms with van der Waals surface area (Å²) >= 11 is 3.47. The molecule has 2 rings (SSSR count). The molecule has 2 heterocycles. The second-order valence-electron chi connectivity index (χ2n) is 4.34. The van der Waals surface area contributed by atoms with Gasteiger partial charge in [-0.3, -0.25) is 4.90 Å². The molecule has 5 heteroatoms. The summed E-state index contributed by atoms with van der Waals surface area (Å²) < 4.78 is 1.06. The number of nitrogens with zero attached hydrogens (tertiary/aromatic N) is 3. The van der Waals surface area contributed by atoms with Crippen molar-refractivity contribution in [2.24, 2.45) is 0 Å². The van der Waals surface area contributed by atoms with Crippen LogP contribution < -0.4 is 4.90 Å². The third-order valence-electron chi connectivity index (χ3n) is 3.15. The monoisotopic (exact) mass is 299 g/mol. The number of aromatic nitrogens is 1. The average Bonchev–Trinajstić information content (AvgIpc) is 2.34. The average molecular weight is 300 g/mol. The first-order valence-electron chi connectivity index (χ1n) is 5.91. The topological polar surface area (TPSA) is 39.6 Å². The minimum Gasteiger partial charge on any atom is -0.395 e. The van der Waals surface area contributed by atoms with Gasteiger partial charge in [-0.05, 0) is 34.5 Å². The van der Waals surface area contributed by atoms with Crippen LogP contribution in [0.4, 0.5) is 5.82 Å². The number of β-amino-alcohol motifs (C(OH)–C–C–N with tert-alkyl or cyclic N) is 1. The molecule has 0 bridgehead atoms. The van der Waals surface area contributed by atoms with Crippen molar-refractivity contribution in [2.75, 3.05) is 44.2 Å². The SMILES string of the molecule is Cc1cc(N2CCN(CCO)CC2)ncc1Br. The maximum Gasteiger partial charge on any atom is 0.128 e. The van der Waals surface area contributed by atoms with Crippen molar-refractivity contribution in [1.29, 1.82) is 0 Å². The predicted octanol–water partition coefficient (Wildman–Crippen LogP) is 1.27. The second kappa shape index (κ2) is 5.80. The first-order chi connectivity index (χ1) is 8.20. The van der Waals surface area contributed by atoms with E-state index in [0.717, 1.165) is 43.0 Å². The minimum absolute atomic E-state index is 0.246. The number of hydrogen-bond donors (Lipinski definition) is 1. The molecule has 1 aliphatic rings. The van der Waals surface area contributed by atoms with Gasteiger partial charge in [0.2, 0.25) is 0 Å². The highest BCUT2D eigenvalue weighted by molar-refractivity contribution is 9.10. The van der Waals surface area contributed by atoms with Gasteiger partial charge in [0.1, 0.15) is 5.82 Å². The highest BCUT2D eigenvalue weighted by Gasteiger charge is 2.17. The van der Waals surface area contributed by atoms with Crippen LogP contribution in [0, 0.1) is 6.92 Å². The van der Waals surface area contributed by atoms with Crippen LogP contribution in [0.2, 0.25) is 0 Å². The molecule has 1 aliphatic heterocycles. The van der Waals surface area contributed by atoms with Gasteiger partial charge < -0.3 is 10.0 Å². The van der Waals surface area contributed by atoms with Crippen LogP contribution >= 0.6 is 15.9 Å². The summed E-state index contributed by atoms with van der Waals surface area (Å²) in [5, 5.41) is 8.90. The van der Waals surface area contributed by atoms with Gasteiger partial charge in [-0.25, -0.2) is 4.98 Å². The van der Waals surface area contributed by atoms with Crippen LogP contribution in [-0.4, -0.2) is 54.3 Å².